The van der Waals surface area contributed by atoms with Gasteiger partial charge >= 0.3 is 0 Å². The second-order valence-electron chi connectivity index (χ2n) is 10.0. The van der Waals surface area contributed by atoms with Gasteiger partial charge in [0.2, 0.25) is 0 Å². The summed E-state index contributed by atoms with van der Waals surface area (Å²) in [6, 6.07) is 4.24. The summed E-state index contributed by atoms with van der Waals surface area (Å²) in [7, 11) is 0. The van der Waals surface area contributed by atoms with Crippen LogP contribution >= 0.6 is 0 Å². The Bertz CT molecular complexity index is 1310. The summed E-state index contributed by atoms with van der Waals surface area (Å²) in [6.07, 6.45) is 10.4. The van der Waals surface area contributed by atoms with Crippen LogP contribution in [0.15, 0.2) is 47.9 Å². The molecule has 3 aromatic heterocycles. The minimum Gasteiger partial charge on any atom is -0.355 e. The zero-order valence-electron chi connectivity index (χ0n) is 21.0. The molecule has 1 aliphatic carbocycles. The molecule has 1 N–H and O–H groups in total. The van der Waals surface area contributed by atoms with Crippen LogP contribution in [0.3, 0.4) is 0 Å². The van der Waals surface area contributed by atoms with Gasteiger partial charge in [-0.3, -0.25) is 4.98 Å². The van der Waals surface area contributed by atoms with Crippen LogP contribution in [0.5, 0.6) is 0 Å². The Kier molecular flexibility index (Phi) is 6.63. The van der Waals surface area contributed by atoms with Crippen LogP contribution in [-0.4, -0.2) is 73.9 Å². The Labute approximate surface area is 215 Å². The Balaban J connectivity index is 1.09. The van der Waals surface area contributed by atoms with Crippen LogP contribution in [-0.2, 0) is 0 Å². The van der Waals surface area contributed by atoms with Gasteiger partial charge < -0.3 is 15.1 Å². The predicted molar refractivity (Wildman–Crippen MR) is 138 cm³/mol. The number of nitrogens with zero attached hydrogens (tertiary/aromatic N) is 9. The van der Waals surface area contributed by atoms with Crippen molar-refractivity contribution in [1.82, 2.24) is 40.5 Å². The molecule has 0 amide bonds. The van der Waals surface area contributed by atoms with Crippen molar-refractivity contribution in [3.05, 3.63) is 53.5 Å². The van der Waals surface area contributed by atoms with Crippen molar-refractivity contribution in [3.8, 4) is 11.4 Å². The van der Waals surface area contributed by atoms with E-state index in [-0.39, 0.29) is 11.9 Å². The quantitative estimate of drug-likeness (QED) is 0.466. The zero-order chi connectivity index (χ0) is 25.2. The fourth-order valence-corrected chi connectivity index (χ4v) is 5.11. The van der Waals surface area contributed by atoms with Gasteiger partial charge in [-0.25, -0.2) is 14.1 Å². The lowest BCUT2D eigenvalue weighted by atomic mass is 10.0. The smallest absolute Gasteiger partial charge is 0.151 e. The molecule has 0 spiro atoms. The number of halogens is 1. The molecule has 10 nitrogen and oxygen atoms in total. The molecule has 0 saturated carbocycles. The monoisotopic (exact) mass is 502 g/mol. The molecule has 0 bridgehead atoms. The second-order valence-corrected chi connectivity index (χ2v) is 10.0. The van der Waals surface area contributed by atoms with E-state index in [0.29, 0.717) is 30.4 Å². The Morgan fingerprint density at radius 1 is 1.03 bits per heavy atom. The van der Waals surface area contributed by atoms with Gasteiger partial charge in [-0.05, 0) is 50.3 Å². The Morgan fingerprint density at radius 3 is 2.65 bits per heavy atom. The summed E-state index contributed by atoms with van der Waals surface area (Å²) < 4.78 is 14.7. The molecular weight excluding hydrogens is 471 g/mol. The lowest BCUT2D eigenvalue weighted by molar-refractivity contribution is 0.428. The first-order valence-electron chi connectivity index (χ1n) is 13.1. The van der Waals surface area contributed by atoms with Crippen molar-refractivity contribution in [2.45, 2.75) is 51.1 Å². The normalized spacial score (nSPS) is 20.4. The molecule has 1 unspecified atom stereocenters. The van der Waals surface area contributed by atoms with Gasteiger partial charge in [-0.15, -0.1) is 10.2 Å². The van der Waals surface area contributed by atoms with Crippen molar-refractivity contribution in [3.63, 3.8) is 0 Å². The van der Waals surface area contributed by atoms with E-state index in [1.54, 1.807) is 10.9 Å². The Hall–Kier alpha value is -3.69. The molecule has 3 aliphatic rings. The fourth-order valence-electron chi connectivity index (χ4n) is 5.11. The highest BCUT2D eigenvalue weighted by atomic mass is 19.1. The van der Waals surface area contributed by atoms with E-state index in [9.17, 15) is 4.39 Å². The SMILES string of the molecule is CC(c1ccc(N2CCC[C@@H](NCC3=C=C(F)C3)C2)nn1)n1cc(-c2cncc(N3CCCC3)n2)nn1. The minimum atomic E-state index is -0.144. The number of nitrogens with one attached hydrogen (secondary N) is 1. The number of hydrogen-bond donors (Lipinski definition) is 1. The molecule has 37 heavy (non-hydrogen) atoms. The lowest BCUT2D eigenvalue weighted by Gasteiger charge is -2.34. The summed E-state index contributed by atoms with van der Waals surface area (Å²) >= 11 is 0. The number of anilines is 2. The van der Waals surface area contributed by atoms with Crippen LogP contribution in [0.4, 0.5) is 16.0 Å². The highest BCUT2D eigenvalue weighted by molar-refractivity contribution is 5.54. The van der Waals surface area contributed by atoms with Crippen molar-refractivity contribution in [2.24, 2.45) is 0 Å². The van der Waals surface area contributed by atoms with Gasteiger partial charge in [-0.2, -0.15) is 5.10 Å². The van der Waals surface area contributed by atoms with Gasteiger partial charge in [-0.1, -0.05) is 10.9 Å². The van der Waals surface area contributed by atoms with E-state index < -0.39 is 0 Å². The molecule has 2 aliphatic heterocycles. The van der Waals surface area contributed by atoms with Crippen molar-refractivity contribution in [2.75, 3.05) is 42.5 Å². The number of piperidine rings is 1. The Morgan fingerprint density at radius 2 is 1.86 bits per heavy atom. The number of hydrogen-bond acceptors (Lipinski definition) is 9. The van der Waals surface area contributed by atoms with Crippen molar-refractivity contribution in [1.29, 1.82) is 0 Å². The van der Waals surface area contributed by atoms with Gasteiger partial charge in [0.15, 0.2) is 5.82 Å². The van der Waals surface area contributed by atoms with Crippen LogP contribution in [0.25, 0.3) is 11.4 Å². The lowest BCUT2D eigenvalue weighted by Crippen LogP contribution is -2.46. The summed E-state index contributed by atoms with van der Waals surface area (Å²) in [5, 5.41) is 21.3. The van der Waals surface area contributed by atoms with E-state index in [1.165, 1.54) is 12.8 Å². The van der Waals surface area contributed by atoms with Gasteiger partial charge in [0.05, 0.1) is 30.3 Å². The molecule has 0 radical (unpaired) electrons. The molecule has 11 heteroatoms. The first kappa shape index (κ1) is 23.7. The molecule has 6 rings (SSSR count). The van der Waals surface area contributed by atoms with E-state index in [1.807, 2.05) is 31.5 Å². The first-order chi connectivity index (χ1) is 18.1. The van der Waals surface area contributed by atoms with E-state index in [2.05, 4.69) is 46.3 Å². The van der Waals surface area contributed by atoms with E-state index in [0.717, 1.165) is 61.9 Å². The average molecular weight is 503 g/mol. The van der Waals surface area contributed by atoms with Crippen LogP contribution in [0.1, 0.15) is 50.8 Å². The molecule has 5 heterocycles. The summed E-state index contributed by atoms with van der Waals surface area (Å²) in [5.74, 6) is 1.61. The molecule has 192 valence electrons. The van der Waals surface area contributed by atoms with Crippen LogP contribution in [0, 0.1) is 0 Å². The van der Waals surface area contributed by atoms with Crippen molar-refractivity contribution < 1.29 is 4.39 Å². The summed E-state index contributed by atoms with van der Waals surface area (Å²) in [4.78, 5) is 13.6. The fraction of sp³-hybridized carbons (Fsp3) is 0.500. The summed E-state index contributed by atoms with van der Waals surface area (Å²) in [6.45, 7) is 6.56. The molecule has 3 aromatic rings. The third kappa shape index (κ3) is 5.23. The standard InChI is InChI=1S/C26H31FN10/c1-18(37-17-24(32-34-37)23-14-28-15-26(30-23)35-8-2-3-9-35)22-6-7-25(33-31-22)36-10-4-5-21(16-36)29-13-19-11-20(27)12-19/h6-7,14-15,17-18,21,29H,2-5,8-11,13,16H2,1H3/t18?,21-/m1/s1. The van der Waals surface area contributed by atoms with Crippen LogP contribution < -0.4 is 15.1 Å². The maximum absolute atomic E-state index is 12.9. The third-order valence-corrected chi connectivity index (χ3v) is 7.35. The van der Waals surface area contributed by atoms with Crippen LogP contribution in [0.2, 0.25) is 0 Å². The largest absolute Gasteiger partial charge is 0.355 e. The first-order valence-corrected chi connectivity index (χ1v) is 13.1. The van der Waals surface area contributed by atoms with E-state index >= 15 is 0 Å². The highest BCUT2D eigenvalue weighted by Crippen LogP contribution is 2.24. The number of rotatable bonds is 8. The van der Waals surface area contributed by atoms with Crippen molar-refractivity contribution >= 4 is 11.6 Å². The van der Waals surface area contributed by atoms with Gasteiger partial charge in [0.1, 0.15) is 23.0 Å². The summed E-state index contributed by atoms with van der Waals surface area (Å²) in [5.41, 5.74) is 5.96. The molecule has 0 aromatic carbocycles. The maximum atomic E-state index is 12.9. The maximum Gasteiger partial charge on any atom is 0.151 e. The number of aromatic nitrogens is 7. The third-order valence-electron chi connectivity index (χ3n) is 7.35. The highest BCUT2D eigenvalue weighted by Gasteiger charge is 2.23. The van der Waals surface area contributed by atoms with Gasteiger partial charge in [0.25, 0.3) is 0 Å². The molecule has 2 fully saturated rings. The van der Waals surface area contributed by atoms with E-state index in [4.69, 9.17) is 4.98 Å². The molecule has 2 atom stereocenters. The second kappa shape index (κ2) is 10.4. The predicted octanol–water partition coefficient (Wildman–Crippen LogP) is 3.08. The topological polar surface area (TPSA) is 101 Å². The minimum absolute atomic E-state index is 0.127. The molecule has 2 saturated heterocycles. The average Bonchev–Trinajstić information content (AvgIpc) is 3.64. The molecular formula is C26H31FN10. The van der Waals surface area contributed by atoms with Gasteiger partial charge in [0, 0.05) is 45.2 Å². The zero-order valence-corrected chi connectivity index (χ0v) is 21.0.